The van der Waals surface area contributed by atoms with Crippen molar-refractivity contribution in [2.24, 2.45) is 29.1 Å². The van der Waals surface area contributed by atoms with Crippen molar-refractivity contribution in [3.8, 4) is 10.6 Å². The Bertz CT molecular complexity index is 936. The number of benzene rings is 1. The first kappa shape index (κ1) is 20.6. The molecule has 1 unspecified atom stereocenters. The third kappa shape index (κ3) is 4.00. The van der Waals surface area contributed by atoms with Crippen LogP contribution in [0.2, 0.25) is 0 Å². The molecular weight excluding hydrogens is 408 g/mol. The molecule has 1 heterocycles. The predicted molar refractivity (Wildman–Crippen MR) is 121 cm³/mol. The van der Waals surface area contributed by atoms with Crippen LogP contribution in [0.4, 0.5) is 5.13 Å². The Kier molecular flexibility index (Phi) is 5.32. The minimum atomic E-state index is -0.579. The van der Waals surface area contributed by atoms with Crippen LogP contribution in [0.3, 0.4) is 0 Å². The van der Waals surface area contributed by atoms with E-state index in [0.717, 1.165) is 29.8 Å². The van der Waals surface area contributed by atoms with E-state index in [2.05, 4.69) is 20.8 Å². The Morgan fingerprint density at radius 1 is 1.00 bits per heavy atom. The molecule has 2 aromatic rings. The largest absolute Gasteiger partial charge is 0.344 e. The van der Waals surface area contributed by atoms with Gasteiger partial charge in [-0.15, -0.1) is 10.2 Å². The molecular formula is C24H30N4O2S. The molecule has 4 fully saturated rings. The zero-order valence-corrected chi connectivity index (χ0v) is 19.0. The maximum Gasteiger partial charge on any atom is 0.249 e. The molecule has 4 aliphatic rings. The lowest BCUT2D eigenvalue weighted by Gasteiger charge is -2.55. The zero-order chi connectivity index (χ0) is 21.6. The molecule has 2 amide bonds. The fraction of sp³-hybridized carbons (Fsp3) is 0.583. The average Bonchev–Trinajstić information content (AvgIpc) is 3.19. The van der Waals surface area contributed by atoms with Gasteiger partial charge in [-0.2, -0.15) is 0 Å². The Balaban J connectivity index is 1.27. The van der Waals surface area contributed by atoms with Crippen LogP contribution < -0.4 is 10.6 Å². The third-order valence-electron chi connectivity index (χ3n) is 7.43. The highest BCUT2D eigenvalue weighted by Gasteiger charge is 2.55. The van der Waals surface area contributed by atoms with Crippen LogP contribution in [-0.4, -0.2) is 28.1 Å². The van der Waals surface area contributed by atoms with Crippen molar-refractivity contribution in [2.45, 2.75) is 58.4 Å². The van der Waals surface area contributed by atoms with Crippen molar-refractivity contribution < 1.29 is 9.59 Å². The number of anilines is 1. The van der Waals surface area contributed by atoms with Gasteiger partial charge in [0.05, 0.1) is 0 Å². The first-order chi connectivity index (χ1) is 14.9. The molecule has 1 aromatic heterocycles. The molecule has 6 nitrogen and oxygen atoms in total. The molecule has 4 saturated carbocycles. The summed E-state index contributed by atoms with van der Waals surface area (Å²) in [5, 5.41) is 15.6. The van der Waals surface area contributed by atoms with Crippen LogP contribution in [0.5, 0.6) is 0 Å². The molecule has 1 atom stereocenters. The van der Waals surface area contributed by atoms with E-state index in [1.54, 1.807) is 0 Å². The maximum atomic E-state index is 13.4. The highest BCUT2D eigenvalue weighted by Crippen LogP contribution is 2.60. The second kappa shape index (κ2) is 8.01. The van der Waals surface area contributed by atoms with Gasteiger partial charge in [-0.1, -0.05) is 55.5 Å². The lowest BCUT2D eigenvalue weighted by Crippen LogP contribution is -2.57. The van der Waals surface area contributed by atoms with Gasteiger partial charge in [-0.05, 0) is 62.2 Å². The van der Waals surface area contributed by atoms with E-state index < -0.39 is 6.04 Å². The van der Waals surface area contributed by atoms with E-state index in [0.29, 0.717) is 22.9 Å². The number of rotatable bonds is 6. The Hall–Kier alpha value is -2.28. The number of carbonyl (C=O) groups is 2. The second-order valence-corrected chi connectivity index (χ2v) is 11.1. The van der Waals surface area contributed by atoms with E-state index in [9.17, 15) is 9.59 Å². The second-order valence-electron chi connectivity index (χ2n) is 10.2. The monoisotopic (exact) mass is 438 g/mol. The lowest BCUT2D eigenvalue weighted by molar-refractivity contribution is -0.148. The normalized spacial score (nSPS) is 29.7. The molecule has 7 heteroatoms. The lowest BCUT2D eigenvalue weighted by atomic mass is 9.49. The fourth-order valence-electron chi connectivity index (χ4n) is 6.37. The number of hydrogen-bond donors (Lipinski definition) is 2. The van der Waals surface area contributed by atoms with Crippen LogP contribution >= 0.6 is 11.3 Å². The molecule has 6 rings (SSSR count). The number of aromatic nitrogens is 2. The van der Waals surface area contributed by atoms with E-state index in [4.69, 9.17) is 0 Å². The van der Waals surface area contributed by atoms with E-state index in [1.165, 1.54) is 30.6 Å². The Morgan fingerprint density at radius 3 is 2.19 bits per heavy atom. The van der Waals surface area contributed by atoms with Crippen molar-refractivity contribution in [3.63, 3.8) is 0 Å². The molecule has 2 N–H and O–H groups in total. The van der Waals surface area contributed by atoms with Gasteiger partial charge in [0, 0.05) is 11.0 Å². The van der Waals surface area contributed by atoms with E-state index in [-0.39, 0.29) is 23.1 Å². The van der Waals surface area contributed by atoms with E-state index in [1.807, 2.05) is 44.2 Å². The van der Waals surface area contributed by atoms with Gasteiger partial charge in [-0.25, -0.2) is 0 Å². The smallest absolute Gasteiger partial charge is 0.249 e. The number of hydrogen-bond acceptors (Lipinski definition) is 5. The topological polar surface area (TPSA) is 84.0 Å². The summed E-state index contributed by atoms with van der Waals surface area (Å²) in [7, 11) is 0. The van der Waals surface area contributed by atoms with E-state index >= 15 is 0 Å². The number of nitrogens with one attached hydrogen (secondary N) is 2. The molecule has 31 heavy (non-hydrogen) atoms. The van der Waals surface area contributed by atoms with Crippen molar-refractivity contribution in [1.82, 2.24) is 15.5 Å². The van der Waals surface area contributed by atoms with Crippen molar-refractivity contribution in [1.29, 1.82) is 0 Å². The van der Waals surface area contributed by atoms with Crippen LogP contribution in [0.1, 0.15) is 52.4 Å². The minimum absolute atomic E-state index is 0.0145. The summed E-state index contributed by atoms with van der Waals surface area (Å²) in [5.41, 5.74) is 0.710. The maximum absolute atomic E-state index is 13.4. The Labute approximate surface area is 187 Å². The summed E-state index contributed by atoms with van der Waals surface area (Å²) in [6, 6.07) is 9.20. The highest BCUT2D eigenvalue weighted by molar-refractivity contribution is 7.18. The summed E-state index contributed by atoms with van der Waals surface area (Å²) in [5.74, 6) is 1.94. The summed E-state index contributed by atoms with van der Waals surface area (Å²) < 4.78 is 0. The van der Waals surface area contributed by atoms with Gasteiger partial charge in [0.2, 0.25) is 16.9 Å². The van der Waals surface area contributed by atoms with Gasteiger partial charge in [0.25, 0.3) is 0 Å². The van der Waals surface area contributed by atoms with Gasteiger partial charge in [-0.3, -0.25) is 14.9 Å². The van der Waals surface area contributed by atoms with Gasteiger partial charge >= 0.3 is 0 Å². The van der Waals surface area contributed by atoms with Crippen molar-refractivity contribution in [3.05, 3.63) is 30.3 Å². The van der Waals surface area contributed by atoms with Gasteiger partial charge in [0.15, 0.2) is 0 Å². The first-order valence-corrected chi connectivity index (χ1v) is 12.2. The summed E-state index contributed by atoms with van der Waals surface area (Å²) in [4.78, 5) is 26.5. The van der Waals surface area contributed by atoms with Crippen molar-refractivity contribution >= 4 is 28.3 Å². The fourth-order valence-corrected chi connectivity index (χ4v) is 7.12. The zero-order valence-electron chi connectivity index (χ0n) is 18.1. The Morgan fingerprint density at radius 2 is 1.61 bits per heavy atom. The SMILES string of the molecule is CC(C)C(NC(=O)C12CC3CC(CC(C3)C1)C2)C(=O)Nc1nnc(-c2ccccc2)s1. The standard InChI is InChI=1S/C24H30N4O2S/c1-14(2)19(20(29)26-23-28-27-21(31-23)18-6-4-3-5-7-18)25-22(30)24-11-15-8-16(12-24)10-17(9-15)13-24/h3-7,14-17,19H,8-13H2,1-2H3,(H,25,30)(H,26,28,29). The summed E-state index contributed by atoms with van der Waals surface area (Å²) in [6.07, 6.45) is 6.86. The molecule has 4 aliphatic carbocycles. The molecule has 0 aliphatic heterocycles. The molecule has 164 valence electrons. The van der Waals surface area contributed by atoms with Crippen LogP contribution in [0, 0.1) is 29.1 Å². The number of amides is 2. The molecule has 4 bridgehead atoms. The summed E-state index contributed by atoms with van der Waals surface area (Å²) >= 11 is 1.34. The van der Waals surface area contributed by atoms with Gasteiger partial charge in [0.1, 0.15) is 11.0 Å². The molecule has 0 radical (unpaired) electrons. The van der Waals surface area contributed by atoms with Crippen LogP contribution in [0.15, 0.2) is 30.3 Å². The molecule has 0 spiro atoms. The minimum Gasteiger partial charge on any atom is -0.344 e. The van der Waals surface area contributed by atoms with Gasteiger partial charge < -0.3 is 5.32 Å². The number of nitrogens with zero attached hydrogens (tertiary/aromatic N) is 2. The highest BCUT2D eigenvalue weighted by atomic mass is 32.1. The predicted octanol–water partition coefficient (Wildman–Crippen LogP) is 4.50. The van der Waals surface area contributed by atoms with Crippen molar-refractivity contribution in [2.75, 3.05) is 5.32 Å². The average molecular weight is 439 g/mol. The van der Waals surface area contributed by atoms with Crippen LogP contribution in [-0.2, 0) is 9.59 Å². The molecule has 1 aromatic carbocycles. The molecule has 0 saturated heterocycles. The first-order valence-electron chi connectivity index (χ1n) is 11.4. The summed E-state index contributed by atoms with van der Waals surface area (Å²) in [6.45, 7) is 3.94. The number of carbonyl (C=O) groups excluding carboxylic acids is 2. The third-order valence-corrected chi connectivity index (χ3v) is 8.32. The quantitative estimate of drug-likeness (QED) is 0.695. The van der Waals surface area contributed by atoms with Crippen LogP contribution in [0.25, 0.3) is 10.6 Å².